The molecule has 0 heterocycles. The van der Waals surface area contributed by atoms with Gasteiger partial charge in [-0.3, -0.25) is 0 Å². The van der Waals surface area contributed by atoms with E-state index in [1.54, 1.807) is 13.2 Å². The molecule has 0 radical (unpaired) electrons. The number of benzene rings is 2. The average molecular weight is 315 g/mol. The zero-order valence-corrected chi connectivity index (χ0v) is 14.1. The first-order valence-electron chi connectivity index (χ1n) is 7.11. The van der Waals surface area contributed by atoms with Crippen molar-refractivity contribution in [2.75, 3.05) is 12.4 Å². The molecule has 0 aliphatic rings. The number of hydrogen-bond acceptors (Lipinski definition) is 3. The summed E-state index contributed by atoms with van der Waals surface area (Å²) in [5.41, 5.74) is 2.06. The van der Waals surface area contributed by atoms with Crippen molar-refractivity contribution >= 4 is 22.9 Å². The zero-order valence-electron chi connectivity index (χ0n) is 13.3. The Kier molecular flexibility index (Phi) is 4.71. The topological polar surface area (TPSA) is 41.5 Å². The van der Waals surface area contributed by atoms with E-state index in [4.69, 9.17) is 17.0 Å². The molecule has 0 saturated heterocycles. The Morgan fingerprint density at radius 2 is 1.77 bits per heavy atom. The van der Waals surface area contributed by atoms with Crippen LogP contribution in [0.4, 0.5) is 5.69 Å². The van der Waals surface area contributed by atoms with Crippen molar-refractivity contribution in [1.29, 1.82) is 0 Å². The monoisotopic (exact) mass is 315 g/mol. The van der Waals surface area contributed by atoms with Crippen molar-refractivity contribution in [3.05, 3.63) is 53.6 Å². The van der Waals surface area contributed by atoms with E-state index in [9.17, 15) is 5.11 Å². The van der Waals surface area contributed by atoms with E-state index >= 15 is 0 Å². The lowest BCUT2D eigenvalue weighted by molar-refractivity contribution is 0.406. The minimum Gasteiger partial charge on any atom is -0.505 e. The molecule has 2 rings (SSSR count). The highest BCUT2D eigenvalue weighted by Gasteiger charge is 2.22. The van der Waals surface area contributed by atoms with Crippen molar-refractivity contribution < 1.29 is 9.84 Å². The van der Waals surface area contributed by atoms with Gasteiger partial charge in [0.2, 0.25) is 0 Å². The van der Waals surface area contributed by atoms with Crippen molar-refractivity contribution in [3.8, 4) is 11.5 Å². The number of nitrogens with one attached hydrogen (secondary N) is 1. The summed E-state index contributed by atoms with van der Waals surface area (Å²) in [6.07, 6.45) is 0. The number of ether oxygens (including phenoxy) is 1. The lowest BCUT2D eigenvalue weighted by atomic mass is 9.85. The Morgan fingerprint density at radius 1 is 1.14 bits per heavy atom. The van der Waals surface area contributed by atoms with Gasteiger partial charge in [0.25, 0.3) is 0 Å². The predicted molar refractivity (Wildman–Crippen MR) is 95.1 cm³/mol. The number of methoxy groups -OCH3 is 1. The van der Waals surface area contributed by atoms with Crippen LogP contribution < -0.4 is 10.1 Å². The second kappa shape index (κ2) is 6.36. The van der Waals surface area contributed by atoms with Gasteiger partial charge >= 0.3 is 0 Å². The van der Waals surface area contributed by atoms with E-state index in [-0.39, 0.29) is 11.2 Å². The smallest absolute Gasteiger partial charge is 0.143 e. The fourth-order valence-corrected chi connectivity index (χ4v) is 2.42. The number of anilines is 1. The van der Waals surface area contributed by atoms with Gasteiger partial charge in [0.05, 0.1) is 12.8 Å². The first kappa shape index (κ1) is 16.3. The molecule has 22 heavy (non-hydrogen) atoms. The van der Waals surface area contributed by atoms with E-state index in [1.165, 1.54) is 0 Å². The summed E-state index contributed by atoms with van der Waals surface area (Å²) >= 11 is 5.42. The standard InChI is InChI=1S/C18H21NO2S/c1-18(2,3)14-10-13(21-4)11-15(16(14)20)19-17(22)12-8-6-5-7-9-12/h5-11,20H,1-4H3,(H,19,22). The SMILES string of the molecule is COc1cc(NC(=S)c2ccccc2)c(O)c(C(C)(C)C)c1. The van der Waals surface area contributed by atoms with Gasteiger partial charge in [-0.25, -0.2) is 0 Å². The summed E-state index contributed by atoms with van der Waals surface area (Å²) in [5, 5.41) is 13.7. The summed E-state index contributed by atoms with van der Waals surface area (Å²) in [6, 6.07) is 13.2. The molecule has 0 unspecified atom stereocenters. The first-order valence-corrected chi connectivity index (χ1v) is 7.51. The Labute approximate surface area is 136 Å². The van der Waals surface area contributed by atoms with Crippen molar-refractivity contribution in [2.45, 2.75) is 26.2 Å². The third-order valence-corrected chi connectivity index (χ3v) is 3.75. The average Bonchev–Trinajstić information content (AvgIpc) is 2.49. The van der Waals surface area contributed by atoms with E-state index in [0.717, 1.165) is 11.1 Å². The Hall–Kier alpha value is -2.07. The van der Waals surface area contributed by atoms with Gasteiger partial charge in [0.15, 0.2) is 0 Å². The minimum absolute atomic E-state index is 0.201. The summed E-state index contributed by atoms with van der Waals surface area (Å²) in [6.45, 7) is 6.13. The van der Waals surface area contributed by atoms with Crippen LogP contribution in [0.3, 0.4) is 0 Å². The lowest BCUT2D eigenvalue weighted by Crippen LogP contribution is -2.15. The van der Waals surface area contributed by atoms with Crippen LogP contribution in [0.2, 0.25) is 0 Å². The van der Waals surface area contributed by atoms with E-state index in [1.807, 2.05) is 57.2 Å². The van der Waals surface area contributed by atoms with Crippen molar-refractivity contribution in [1.82, 2.24) is 0 Å². The summed E-state index contributed by atoms with van der Waals surface area (Å²) in [5.74, 6) is 0.882. The van der Waals surface area contributed by atoms with Gasteiger partial charge in [-0.1, -0.05) is 63.3 Å². The molecule has 0 fully saturated rings. The molecular weight excluding hydrogens is 294 g/mol. The molecule has 0 aromatic heterocycles. The molecular formula is C18H21NO2S. The number of rotatable bonds is 3. The van der Waals surface area contributed by atoms with Gasteiger partial charge in [0.1, 0.15) is 16.5 Å². The normalized spacial score (nSPS) is 11.1. The van der Waals surface area contributed by atoms with Crippen LogP contribution in [0.25, 0.3) is 0 Å². The zero-order chi connectivity index (χ0) is 16.3. The number of thiocarbonyl (C=S) groups is 1. The number of hydrogen-bond donors (Lipinski definition) is 2. The third kappa shape index (κ3) is 3.57. The van der Waals surface area contributed by atoms with Gasteiger partial charge < -0.3 is 15.2 Å². The molecule has 2 aromatic rings. The quantitative estimate of drug-likeness (QED) is 0.647. The molecule has 0 aliphatic carbocycles. The Morgan fingerprint density at radius 3 is 2.32 bits per heavy atom. The highest BCUT2D eigenvalue weighted by atomic mass is 32.1. The second-order valence-corrected chi connectivity index (χ2v) is 6.55. The summed E-state index contributed by atoms with van der Waals surface area (Å²) in [4.78, 5) is 0.559. The van der Waals surface area contributed by atoms with E-state index < -0.39 is 0 Å². The molecule has 0 spiro atoms. The highest BCUT2D eigenvalue weighted by Crippen LogP contribution is 2.39. The second-order valence-electron chi connectivity index (χ2n) is 6.14. The molecule has 116 valence electrons. The van der Waals surface area contributed by atoms with Crippen LogP contribution in [0.5, 0.6) is 11.5 Å². The van der Waals surface area contributed by atoms with Crippen LogP contribution in [0, 0.1) is 0 Å². The van der Waals surface area contributed by atoms with E-state index in [0.29, 0.717) is 16.4 Å². The maximum absolute atomic E-state index is 10.6. The molecule has 0 aliphatic heterocycles. The summed E-state index contributed by atoms with van der Waals surface area (Å²) < 4.78 is 5.34. The van der Waals surface area contributed by atoms with Crippen LogP contribution in [0.15, 0.2) is 42.5 Å². The molecule has 3 nitrogen and oxygen atoms in total. The minimum atomic E-state index is -0.205. The molecule has 0 saturated carbocycles. The Balaban J connectivity index is 2.41. The van der Waals surface area contributed by atoms with Gasteiger partial charge in [-0.2, -0.15) is 0 Å². The van der Waals surface area contributed by atoms with Crippen LogP contribution in [-0.4, -0.2) is 17.2 Å². The summed E-state index contributed by atoms with van der Waals surface area (Å²) in [7, 11) is 1.61. The highest BCUT2D eigenvalue weighted by molar-refractivity contribution is 7.81. The maximum Gasteiger partial charge on any atom is 0.143 e. The van der Waals surface area contributed by atoms with Crippen molar-refractivity contribution in [3.63, 3.8) is 0 Å². The maximum atomic E-state index is 10.6. The molecule has 4 heteroatoms. The largest absolute Gasteiger partial charge is 0.505 e. The molecule has 2 N–H and O–H groups in total. The molecule has 2 aromatic carbocycles. The van der Waals surface area contributed by atoms with Gasteiger partial charge in [-0.05, 0) is 11.5 Å². The number of phenols is 1. The fourth-order valence-electron chi connectivity index (χ4n) is 2.18. The fraction of sp³-hybridized carbons (Fsp3) is 0.278. The first-order chi connectivity index (χ1) is 10.3. The lowest BCUT2D eigenvalue weighted by Gasteiger charge is -2.23. The number of aromatic hydroxyl groups is 1. The van der Waals surface area contributed by atoms with Crippen LogP contribution >= 0.6 is 12.2 Å². The van der Waals surface area contributed by atoms with Crippen LogP contribution in [-0.2, 0) is 5.41 Å². The van der Waals surface area contributed by atoms with Crippen molar-refractivity contribution in [2.24, 2.45) is 0 Å². The van der Waals surface area contributed by atoms with E-state index in [2.05, 4.69) is 5.32 Å². The van der Waals surface area contributed by atoms with Crippen LogP contribution in [0.1, 0.15) is 31.9 Å². The Bertz CT molecular complexity index is 675. The van der Waals surface area contributed by atoms with Gasteiger partial charge in [-0.15, -0.1) is 0 Å². The predicted octanol–water partition coefficient (Wildman–Crippen LogP) is 4.49. The van der Waals surface area contributed by atoms with Gasteiger partial charge in [0, 0.05) is 17.2 Å². The molecule has 0 amide bonds. The molecule has 0 atom stereocenters. The number of phenolic OH excluding ortho intramolecular Hbond substituents is 1. The third-order valence-electron chi connectivity index (χ3n) is 3.41. The molecule has 0 bridgehead atoms.